The number of rotatable bonds is 7. The first kappa shape index (κ1) is 21.8. The van der Waals surface area contributed by atoms with E-state index in [1.807, 2.05) is 6.92 Å². The molecule has 0 aromatic heterocycles. The molecule has 2 aromatic rings. The lowest BCUT2D eigenvalue weighted by Crippen LogP contribution is -2.31. The smallest absolute Gasteiger partial charge is 0.232 e. The molecule has 0 spiro atoms. The van der Waals surface area contributed by atoms with Crippen molar-refractivity contribution in [2.45, 2.75) is 19.8 Å². The van der Waals surface area contributed by atoms with Crippen LogP contribution in [0.1, 0.15) is 18.4 Å². The lowest BCUT2D eigenvalue weighted by Gasteiger charge is -2.23. The molecule has 2 aromatic carbocycles. The van der Waals surface area contributed by atoms with Crippen LogP contribution in [0.25, 0.3) is 0 Å². The number of sulfonamides is 1. The van der Waals surface area contributed by atoms with Gasteiger partial charge in [0.05, 0.1) is 17.0 Å². The quantitative estimate of drug-likeness (QED) is 0.636. The SMILES string of the molecule is Cc1c(Cl)cccc1NC(=O)CCCN(c1cc(Cl)ccc1Cl)S(C)(=O)=O. The monoisotopic (exact) mass is 448 g/mol. The number of anilines is 2. The zero-order chi connectivity index (χ0) is 20.2. The lowest BCUT2D eigenvalue weighted by atomic mass is 10.2. The summed E-state index contributed by atoms with van der Waals surface area (Å²) in [4.78, 5) is 12.2. The van der Waals surface area contributed by atoms with E-state index in [1.165, 1.54) is 12.1 Å². The minimum Gasteiger partial charge on any atom is -0.326 e. The van der Waals surface area contributed by atoms with Gasteiger partial charge in [-0.2, -0.15) is 0 Å². The fraction of sp³-hybridized carbons (Fsp3) is 0.278. The molecule has 0 atom stereocenters. The van der Waals surface area contributed by atoms with Crippen LogP contribution in [0.3, 0.4) is 0 Å². The summed E-state index contributed by atoms with van der Waals surface area (Å²) in [5, 5.41) is 3.99. The fourth-order valence-corrected chi connectivity index (χ4v) is 4.06. The highest BCUT2D eigenvalue weighted by Gasteiger charge is 2.20. The Balaban J connectivity index is 2.05. The van der Waals surface area contributed by atoms with Gasteiger partial charge in [-0.15, -0.1) is 0 Å². The predicted octanol–water partition coefficient (Wildman–Crippen LogP) is 5.14. The molecule has 0 bridgehead atoms. The average molecular weight is 450 g/mol. The molecule has 1 N–H and O–H groups in total. The van der Waals surface area contributed by atoms with Gasteiger partial charge in [0, 0.05) is 28.7 Å². The molecule has 0 heterocycles. The highest BCUT2D eigenvalue weighted by molar-refractivity contribution is 7.92. The highest BCUT2D eigenvalue weighted by atomic mass is 35.5. The van der Waals surface area contributed by atoms with Crippen LogP contribution in [0.15, 0.2) is 36.4 Å². The maximum absolute atomic E-state index is 12.2. The maximum atomic E-state index is 12.2. The molecule has 27 heavy (non-hydrogen) atoms. The van der Waals surface area contributed by atoms with E-state index in [4.69, 9.17) is 34.8 Å². The van der Waals surface area contributed by atoms with E-state index in [0.29, 0.717) is 22.2 Å². The number of hydrogen-bond acceptors (Lipinski definition) is 3. The fourth-order valence-electron chi connectivity index (χ4n) is 2.48. The number of halogens is 3. The van der Waals surface area contributed by atoms with Crippen molar-refractivity contribution in [3.8, 4) is 0 Å². The summed E-state index contributed by atoms with van der Waals surface area (Å²) in [5.41, 5.74) is 1.69. The van der Waals surface area contributed by atoms with Crippen LogP contribution in [-0.4, -0.2) is 27.1 Å². The zero-order valence-corrected chi connectivity index (χ0v) is 17.9. The Morgan fingerprint density at radius 1 is 1.11 bits per heavy atom. The summed E-state index contributed by atoms with van der Waals surface area (Å²) in [6.07, 6.45) is 1.52. The van der Waals surface area contributed by atoms with Crippen LogP contribution in [0.2, 0.25) is 15.1 Å². The summed E-state index contributed by atoms with van der Waals surface area (Å²) in [6.45, 7) is 1.91. The number of amides is 1. The molecule has 5 nitrogen and oxygen atoms in total. The molecule has 0 aliphatic rings. The van der Waals surface area contributed by atoms with Crippen molar-refractivity contribution in [2.24, 2.45) is 0 Å². The number of benzene rings is 2. The van der Waals surface area contributed by atoms with Crippen molar-refractivity contribution in [1.29, 1.82) is 0 Å². The van der Waals surface area contributed by atoms with E-state index < -0.39 is 10.0 Å². The molecule has 0 aliphatic carbocycles. The van der Waals surface area contributed by atoms with E-state index in [9.17, 15) is 13.2 Å². The first-order valence-corrected chi connectivity index (χ1v) is 11.1. The number of nitrogens with zero attached hydrogens (tertiary/aromatic N) is 1. The molecule has 0 unspecified atom stereocenters. The third-order valence-electron chi connectivity index (χ3n) is 3.88. The molecule has 0 saturated carbocycles. The molecule has 0 saturated heterocycles. The predicted molar refractivity (Wildman–Crippen MR) is 113 cm³/mol. The van der Waals surface area contributed by atoms with E-state index >= 15 is 0 Å². The number of nitrogens with one attached hydrogen (secondary N) is 1. The first-order valence-electron chi connectivity index (χ1n) is 8.07. The minimum atomic E-state index is -3.59. The second-order valence-electron chi connectivity index (χ2n) is 5.99. The third-order valence-corrected chi connectivity index (χ3v) is 6.03. The molecule has 0 aliphatic heterocycles. The minimum absolute atomic E-state index is 0.0981. The number of hydrogen-bond donors (Lipinski definition) is 1. The van der Waals surface area contributed by atoms with Gasteiger partial charge in [0.1, 0.15) is 0 Å². The van der Waals surface area contributed by atoms with Crippen LogP contribution in [0.4, 0.5) is 11.4 Å². The normalized spacial score (nSPS) is 11.3. The van der Waals surface area contributed by atoms with Crippen molar-refractivity contribution >= 4 is 62.1 Å². The zero-order valence-electron chi connectivity index (χ0n) is 14.8. The van der Waals surface area contributed by atoms with Gasteiger partial charge in [-0.3, -0.25) is 9.10 Å². The van der Waals surface area contributed by atoms with Gasteiger partial charge >= 0.3 is 0 Å². The van der Waals surface area contributed by atoms with Crippen LogP contribution < -0.4 is 9.62 Å². The van der Waals surface area contributed by atoms with Crippen molar-refractivity contribution in [2.75, 3.05) is 22.4 Å². The second-order valence-corrected chi connectivity index (χ2v) is 9.15. The molecular formula is C18H19Cl3N2O3S. The summed E-state index contributed by atoms with van der Waals surface area (Å²) >= 11 is 18.1. The van der Waals surface area contributed by atoms with Gasteiger partial charge in [0.2, 0.25) is 15.9 Å². The van der Waals surface area contributed by atoms with Crippen molar-refractivity contribution < 1.29 is 13.2 Å². The van der Waals surface area contributed by atoms with Gasteiger partial charge < -0.3 is 5.32 Å². The molecule has 2 rings (SSSR count). The Kier molecular flexibility index (Phi) is 7.40. The third kappa shape index (κ3) is 6.01. The average Bonchev–Trinajstić information content (AvgIpc) is 2.57. The first-order chi connectivity index (χ1) is 12.6. The van der Waals surface area contributed by atoms with Crippen LogP contribution in [0, 0.1) is 6.92 Å². The standard InChI is InChI=1S/C18H19Cl3N2O3S/c1-12-14(20)5-3-6-16(12)22-18(24)7-4-10-23(27(2,25)26)17-11-13(19)8-9-15(17)21/h3,5-6,8-9,11H,4,7,10H2,1-2H3,(H,22,24). The lowest BCUT2D eigenvalue weighted by molar-refractivity contribution is -0.116. The van der Waals surface area contributed by atoms with Crippen LogP contribution in [0.5, 0.6) is 0 Å². The Hall–Kier alpha value is -1.47. The number of carbonyl (C=O) groups is 1. The molecule has 0 radical (unpaired) electrons. The van der Waals surface area contributed by atoms with E-state index in [-0.39, 0.29) is 29.6 Å². The maximum Gasteiger partial charge on any atom is 0.232 e. The van der Waals surface area contributed by atoms with Gasteiger partial charge in [0.15, 0.2) is 0 Å². The number of carbonyl (C=O) groups excluding carboxylic acids is 1. The van der Waals surface area contributed by atoms with Gasteiger partial charge in [-0.05, 0) is 49.2 Å². The molecule has 1 amide bonds. The summed E-state index contributed by atoms with van der Waals surface area (Å²) in [7, 11) is -3.59. The molecule has 146 valence electrons. The van der Waals surface area contributed by atoms with E-state index in [2.05, 4.69) is 5.32 Å². The van der Waals surface area contributed by atoms with Crippen LogP contribution in [-0.2, 0) is 14.8 Å². The van der Waals surface area contributed by atoms with Gasteiger partial charge in [-0.25, -0.2) is 8.42 Å². The summed E-state index contributed by atoms with van der Waals surface area (Å²) < 4.78 is 25.5. The Morgan fingerprint density at radius 2 is 1.81 bits per heavy atom. The Morgan fingerprint density at radius 3 is 2.48 bits per heavy atom. The molecule has 9 heteroatoms. The van der Waals surface area contributed by atoms with Crippen LogP contribution >= 0.6 is 34.8 Å². The van der Waals surface area contributed by atoms with Crippen molar-refractivity contribution in [3.05, 3.63) is 57.0 Å². The van der Waals surface area contributed by atoms with E-state index in [1.54, 1.807) is 24.3 Å². The second kappa shape index (κ2) is 9.15. The van der Waals surface area contributed by atoms with Gasteiger partial charge in [0.25, 0.3) is 0 Å². The molecule has 0 fully saturated rings. The van der Waals surface area contributed by atoms with E-state index in [0.717, 1.165) is 16.1 Å². The summed E-state index contributed by atoms with van der Waals surface area (Å²) in [6, 6.07) is 9.84. The Bertz CT molecular complexity index is 949. The van der Waals surface area contributed by atoms with Gasteiger partial charge in [-0.1, -0.05) is 40.9 Å². The van der Waals surface area contributed by atoms with Crippen molar-refractivity contribution in [3.63, 3.8) is 0 Å². The molecular weight excluding hydrogens is 431 g/mol. The van der Waals surface area contributed by atoms with Crippen molar-refractivity contribution in [1.82, 2.24) is 0 Å². The topological polar surface area (TPSA) is 66.5 Å². The highest BCUT2D eigenvalue weighted by Crippen LogP contribution is 2.31. The largest absolute Gasteiger partial charge is 0.326 e. The Labute approximate surface area is 174 Å². The summed E-state index contributed by atoms with van der Waals surface area (Å²) in [5.74, 6) is -0.231.